The quantitative estimate of drug-likeness (QED) is 0.788. The van der Waals surface area contributed by atoms with Crippen LogP contribution >= 0.6 is 0 Å². The molecule has 0 amide bonds. The summed E-state index contributed by atoms with van der Waals surface area (Å²) in [6, 6.07) is 10.4. The number of imidazole rings is 1. The molecule has 1 N–H and O–H groups in total. The monoisotopic (exact) mass is 266 g/mol. The number of pyridine rings is 1. The van der Waals surface area contributed by atoms with Gasteiger partial charge in [0.2, 0.25) is 0 Å². The maximum Gasteiger partial charge on any atom is 0.114 e. The van der Waals surface area contributed by atoms with Gasteiger partial charge in [-0.05, 0) is 30.3 Å². The maximum absolute atomic E-state index is 4.70. The minimum Gasteiger partial charge on any atom is -0.331 e. The lowest BCUT2D eigenvalue weighted by molar-refractivity contribution is 0.805. The van der Waals surface area contributed by atoms with Crippen LogP contribution in [0.2, 0.25) is 0 Å². The fraction of sp³-hybridized carbons (Fsp3) is 0.250. The Morgan fingerprint density at radius 1 is 1.15 bits per heavy atom. The fourth-order valence-corrected chi connectivity index (χ4v) is 2.47. The Labute approximate surface area is 118 Å². The molecule has 0 saturated carbocycles. The summed E-state index contributed by atoms with van der Waals surface area (Å²) >= 11 is 0. The molecule has 0 fully saturated rings. The molecule has 0 radical (unpaired) electrons. The van der Waals surface area contributed by atoms with E-state index in [2.05, 4.69) is 40.1 Å². The summed E-state index contributed by atoms with van der Waals surface area (Å²) in [7, 11) is 4.01. The lowest BCUT2D eigenvalue weighted by Gasteiger charge is -2.05. The highest BCUT2D eigenvalue weighted by molar-refractivity contribution is 5.75. The summed E-state index contributed by atoms with van der Waals surface area (Å²) in [5.74, 6) is 1.06. The van der Waals surface area contributed by atoms with Crippen LogP contribution in [0.15, 0.2) is 42.7 Å². The Hall–Kier alpha value is -2.20. The Balaban J connectivity index is 1.93. The largest absolute Gasteiger partial charge is 0.331 e. The van der Waals surface area contributed by atoms with E-state index in [0.29, 0.717) is 0 Å². The normalized spacial score (nSPS) is 11.1. The molecule has 102 valence electrons. The van der Waals surface area contributed by atoms with Gasteiger partial charge in [0, 0.05) is 32.4 Å². The van der Waals surface area contributed by atoms with E-state index in [-0.39, 0.29) is 0 Å². The van der Waals surface area contributed by atoms with Crippen molar-refractivity contribution in [2.45, 2.75) is 13.0 Å². The number of nitrogens with zero attached hydrogens (tertiary/aromatic N) is 3. The van der Waals surface area contributed by atoms with Crippen molar-refractivity contribution in [2.75, 3.05) is 7.05 Å². The van der Waals surface area contributed by atoms with Gasteiger partial charge in [-0.3, -0.25) is 4.98 Å². The van der Waals surface area contributed by atoms with Crippen molar-refractivity contribution in [1.29, 1.82) is 0 Å². The number of fused-ring (bicyclic) bond motifs is 1. The van der Waals surface area contributed by atoms with E-state index < -0.39 is 0 Å². The first kappa shape index (κ1) is 12.8. The van der Waals surface area contributed by atoms with Gasteiger partial charge in [-0.2, -0.15) is 0 Å². The third-order valence-corrected chi connectivity index (χ3v) is 3.47. The number of hydrogen-bond donors (Lipinski definition) is 1. The summed E-state index contributed by atoms with van der Waals surface area (Å²) in [6.45, 7) is 0.837. The zero-order valence-corrected chi connectivity index (χ0v) is 11.8. The van der Waals surface area contributed by atoms with Crippen LogP contribution in [0, 0.1) is 0 Å². The van der Waals surface area contributed by atoms with E-state index in [1.165, 1.54) is 16.6 Å². The molecule has 0 aliphatic carbocycles. The highest BCUT2D eigenvalue weighted by atomic mass is 15.1. The van der Waals surface area contributed by atoms with Crippen molar-refractivity contribution in [3.8, 4) is 0 Å². The molecule has 0 unspecified atom stereocenters. The first-order valence-corrected chi connectivity index (χ1v) is 6.75. The fourth-order valence-electron chi connectivity index (χ4n) is 2.47. The van der Waals surface area contributed by atoms with Gasteiger partial charge in [-0.25, -0.2) is 4.98 Å². The number of rotatable bonds is 4. The lowest BCUT2D eigenvalue weighted by Crippen LogP contribution is -2.06. The molecule has 0 atom stereocenters. The molecule has 0 aliphatic heterocycles. The SMILES string of the molecule is CNCc1cncc(Cc2nc3ccccc3n2C)c1. The van der Waals surface area contributed by atoms with Crippen molar-refractivity contribution in [2.24, 2.45) is 7.05 Å². The van der Waals surface area contributed by atoms with Crippen LogP contribution in [-0.4, -0.2) is 21.6 Å². The van der Waals surface area contributed by atoms with Gasteiger partial charge < -0.3 is 9.88 Å². The molecule has 0 bridgehead atoms. The summed E-state index contributed by atoms with van der Waals surface area (Å²) < 4.78 is 2.15. The Morgan fingerprint density at radius 3 is 2.75 bits per heavy atom. The summed E-state index contributed by atoms with van der Waals surface area (Å²) in [5.41, 5.74) is 4.60. The highest BCUT2D eigenvalue weighted by Crippen LogP contribution is 2.17. The third-order valence-electron chi connectivity index (χ3n) is 3.47. The van der Waals surface area contributed by atoms with E-state index in [4.69, 9.17) is 4.98 Å². The summed E-state index contributed by atoms with van der Waals surface area (Å²) in [6.07, 6.45) is 4.61. The molecule has 4 nitrogen and oxygen atoms in total. The zero-order chi connectivity index (χ0) is 13.9. The average molecular weight is 266 g/mol. The second-order valence-corrected chi connectivity index (χ2v) is 4.98. The Morgan fingerprint density at radius 2 is 1.95 bits per heavy atom. The summed E-state index contributed by atoms with van der Waals surface area (Å²) in [4.78, 5) is 9.01. The van der Waals surface area contributed by atoms with Crippen LogP contribution in [-0.2, 0) is 20.0 Å². The first-order valence-electron chi connectivity index (χ1n) is 6.75. The van der Waals surface area contributed by atoms with Crippen molar-refractivity contribution in [3.05, 3.63) is 59.7 Å². The molecule has 3 aromatic rings. The van der Waals surface area contributed by atoms with E-state index in [1.807, 2.05) is 31.6 Å². The second-order valence-electron chi connectivity index (χ2n) is 4.98. The minimum atomic E-state index is 0.801. The van der Waals surface area contributed by atoms with Crippen LogP contribution in [0.25, 0.3) is 11.0 Å². The van der Waals surface area contributed by atoms with E-state index in [9.17, 15) is 0 Å². The van der Waals surface area contributed by atoms with Gasteiger partial charge in [0.05, 0.1) is 11.0 Å². The third kappa shape index (κ3) is 2.42. The molecule has 20 heavy (non-hydrogen) atoms. The average Bonchev–Trinajstić information content (AvgIpc) is 2.77. The summed E-state index contributed by atoms with van der Waals surface area (Å²) in [5, 5.41) is 3.15. The number of para-hydroxylation sites is 2. The van der Waals surface area contributed by atoms with Crippen LogP contribution in [0.3, 0.4) is 0 Å². The van der Waals surface area contributed by atoms with Gasteiger partial charge in [0.15, 0.2) is 0 Å². The number of aromatic nitrogens is 3. The molecule has 3 rings (SSSR count). The van der Waals surface area contributed by atoms with E-state index in [0.717, 1.165) is 24.3 Å². The van der Waals surface area contributed by atoms with Crippen LogP contribution in [0.5, 0.6) is 0 Å². The van der Waals surface area contributed by atoms with Crippen molar-refractivity contribution in [3.63, 3.8) is 0 Å². The predicted molar refractivity (Wildman–Crippen MR) is 80.5 cm³/mol. The Kier molecular flexibility index (Phi) is 3.48. The smallest absolute Gasteiger partial charge is 0.114 e. The van der Waals surface area contributed by atoms with E-state index >= 15 is 0 Å². The molecular weight excluding hydrogens is 248 g/mol. The molecular formula is C16H18N4. The van der Waals surface area contributed by atoms with Gasteiger partial charge >= 0.3 is 0 Å². The molecule has 0 spiro atoms. The second kappa shape index (κ2) is 5.43. The predicted octanol–water partition coefficient (Wildman–Crippen LogP) is 2.28. The van der Waals surface area contributed by atoms with Gasteiger partial charge in [-0.1, -0.05) is 18.2 Å². The molecule has 2 aromatic heterocycles. The van der Waals surface area contributed by atoms with Crippen LogP contribution < -0.4 is 5.32 Å². The van der Waals surface area contributed by atoms with Crippen molar-refractivity contribution >= 4 is 11.0 Å². The molecule has 0 saturated heterocycles. The minimum absolute atomic E-state index is 0.801. The van der Waals surface area contributed by atoms with Crippen LogP contribution in [0.4, 0.5) is 0 Å². The highest BCUT2D eigenvalue weighted by Gasteiger charge is 2.08. The van der Waals surface area contributed by atoms with E-state index in [1.54, 1.807) is 0 Å². The first-order chi connectivity index (χ1) is 9.78. The number of hydrogen-bond acceptors (Lipinski definition) is 3. The molecule has 2 heterocycles. The molecule has 4 heteroatoms. The standard InChI is InChI=1S/C16H18N4/c1-17-9-13-7-12(10-18-11-13)8-16-19-14-5-3-4-6-15(14)20(16)2/h3-7,10-11,17H,8-9H2,1-2H3. The van der Waals surface area contributed by atoms with Gasteiger partial charge in [0.1, 0.15) is 5.82 Å². The topological polar surface area (TPSA) is 42.7 Å². The number of aryl methyl sites for hydroxylation is 1. The van der Waals surface area contributed by atoms with Gasteiger partial charge in [0.25, 0.3) is 0 Å². The van der Waals surface area contributed by atoms with Crippen molar-refractivity contribution < 1.29 is 0 Å². The molecule has 0 aliphatic rings. The zero-order valence-electron chi connectivity index (χ0n) is 11.8. The lowest BCUT2D eigenvalue weighted by atomic mass is 10.1. The Bertz CT molecular complexity index is 730. The molecule has 1 aromatic carbocycles. The number of benzene rings is 1. The van der Waals surface area contributed by atoms with Gasteiger partial charge in [-0.15, -0.1) is 0 Å². The maximum atomic E-state index is 4.70. The van der Waals surface area contributed by atoms with Crippen LogP contribution in [0.1, 0.15) is 17.0 Å². The number of nitrogens with one attached hydrogen (secondary N) is 1. The van der Waals surface area contributed by atoms with Crippen molar-refractivity contribution in [1.82, 2.24) is 19.9 Å².